The number of nitrogens with one attached hydrogen (secondary N) is 3. The Kier molecular flexibility index (Phi) is 6.71. The highest BCUT2D eigenvalue weighted by Gasteiger charge is 2.19. The molecule has 0 fully saturated rings. The van der Waals surface area contributed by atoms with Crippen molar-refractivity contribution in [2.75, 3.05) is 7.11 Å². The van der Waals surface area contributed by atoms with Crippen LogP contribution in [0.4, 0.5) is 4.79 Å². The zero-order valence-electron chi connectivity index (χ0n) is 13.9. The van der Waals surface area contributed by atoms with Crippen LogP contribution in [-0.4, -0.2) is 21.6 Å². The van der Waals surface area contributed by atoms with E-state index in [2.05, 4.69) is 10.7 Å². The van der Waals surface area contributed by atoms with E-state index in [1.807, 2.05) is 4.83 Å². The van der Waals surface area contributed by atoms with Gasteiger partial charge in [-0.3, -0.25) is 5.43 Å². The van der Waals surface area contributed by atoms with Crippen LogP contribution in [0, 0.1) is 0 Å². The third-order valence-electron chi connectivity index (χ3n) is 3.46. The summed E-state index contributed by atoms with van der Waals surface area (Å²) in [5.74, 6) is 0.410. The summed E-state index contributed by atoms with van der Waals surface area (Å²) in [7, 11) is -2.40. The summed E-state index contributed by atoms with van der Waals surface area (Å²) < 4.78 is 29.2. The van der Waals surface area contributed by atoms with Crippen LogP contribution in [0.1, 0.15) is 18.5 Å². The highest BCUT2D eigenvalue weighted by molar-refractivity contribution is 7.89. The van der Waals surface area contributed by atoms with E-state index in [4.69, 9.17) is 27.9 Å². The first kappa shape index (κ1) is 20.3. The first-order chi connectivity index (χ1) is 12.3. The average Bonchev–Trinajstić information content (AvgIpc) is 2.63. The third-order valence-corrected chi connectivity index (χ3v) is 5.61. The number of hydrogen-bond acceptors (Lipinski definition) is 4. The number of carbonyl (C=O) groups is 1. The Morgan fingerprint density at radius 3 is 2.35 bits per heavy atom. The molecule has 0 bridgehead atoms. The van der Waals surface area contributed by atoms with Gasteiger partial charge in [0.25, 0.3) is 10.0 Å². The van der Waals surface area contributed by atoms with Gasteiger partial charge in [-0.1, -0.05) is 47.5 Å². The summed E-state index contributed by atoms with van der Waals surface area (Å²) in [4.78, 5) is 14.0. The molecule has 0 spiro atoms. The molecular weight excluding hydrogens is 401 g/mol. The smallest absolute Gasteiger partial charge is 0.330 e. The number of hydrogen-bond donors (Lipinski definition) is 3. The maximum absolute atomic E-state index is 12.1. The molecule has 0 radical (unpaired) electrons. The van der Waals surface area contributed by atoms with Crippen molar-refractivity contribution in [2.24, 2.45) is 0 Å². The molecule has 26 heavy (non-hydrogen) atoms. The fraction of sp³-hybridized carbons (Fsp3) is 0.188. The predicted octanol–water partition coefficient (Wildman–Crippen LogP) is 3.26. The van der Waals surface area contributed by atoms with Gasteiger partial charge in [-0.15, -0.1) is 4.83 Å². The molecule has 0 aliphatic carbocycles. The van der Waals surface area contributed by atoms with E-state index in [-0.39, 0.29) is 14.9 Å². The van der Waals surface area contributed by atoms with Gasteiger partial charge in [-0.25, -0.2) is 13.2 Å². The normalized spacial score (nSPS) is 12.3. The Bertz CT molecular complexity index is 892. The highest BCUT2D eigenvalue weighted by Crippen LogP contribution is 2.36. The van der Waals surface area contributed by atoms with Crippen molar-refractivity contribution in [3.8, 4) is 5.75 Å². The van der Waals surface area contributed by atoms with E-state index >= 15 is 0 Å². The van der Waals surface area contributed by atoms with Crippen LogP contribution in [0.3, 0.4) is 0 Å². The first-order valence-corrected chi connectivity index (χ1v) is 9.65. The molecule has 140 valence electrons. The van der Waals surface area contributed by atoms with Crippen LogP contribution in [0.5, 0.6) is 5.75 Å². The molecule has 2 aromatic rings. The Hall–Kier alpha value is -2.00. The number of rotatable bonds is 6. The Morgan fingerprint density at radius 1 is 1.08 bits per heavy atom. The van der Waals surface area contributed by atoms with E-state index in [1.54, 1.807) is 37.3 Å². The minimum absolute atomic E-state index is 0.0262. The van der Waals surface area contributed by atoms with Crippen LogP contribution >= 0.6 is 23.2 Å². The second-order valence-corrected chi connectivity index (χ2v) is 7.66. The van der Waals surface area contributed by atoms with Gasteiger partial charge in [0.2, 0.25) is 0 Å². The predicted molar refractivity (Wildman–Crippen MR) is 99.9 cm³/mol. The molecule has 0 aromatic heterocycles. The van der Waals surface area contributed by atoms with Crippen molar-refractivity contribution in [1.29, 1.82) is 0 Å². The lowest BCUT2D eigenvalue weighted by atomic mass is 10.1. The summed E-state index contributed by atoms with van der Waals surface area (Å²) in [6.07, 6.45) is 0. The van der Waals surface area contributed by atoms with Gasteiger partial charge in [0, 0.05) is 0 Å². The number of methoxy groups -OCH3 is 1. The standard InChI is InChI=1S/C16H17Cl2N3O4S/c1-10(12-8-9-13(25-2)15(18)14(12)17)19-16(22)20-21-26(23,24)11-6-4-3-5-7-11/h3-10,21H,1-2H3,(H2,19,20,22). The minimum Gasteiger partial charge on any atom is -0.495 e. The van der Waals surface area contributed by atoms with Crippen molar-refractivity contribution >= 4 is 39.3 Å². The molecule has 2 rings (SSSR count). The number of carbonyl (C=O) groups excluding carboxylic acids is 1. The van der Waals surface area contributed by atoms with Crippen LogP contribution in [-0.2, 0) is 10.0 Å². The van der Waals surface area contributed by atoms with Gasteiger partial charge >= 0.3 is 6.03 Å². The second kappa shape index (κ2) is 8.59. The molecule has 10 heteroatoms. The molecule has 0 saturated carbocycles. The van der Waals surface area contributed by atoms with Crippen molar-refractivity contribution in [3.05, 3.63) is 58.1 Å². The van der Waals surface area contributed by atoms with E-state index in [0.29, 0.717) is 11.3 Å². The Labute approximate surface area is 161 Å². The lowest BCUT2D eigenvalue weighted by Gasteiger charge is -2.18. The van der Waals surface area contributed by atoms with E-state index in [9.17, 15) is 13.2 Å². The topological polar surface area (TPSA) is 96.5 Å². The number of urea groups is 1. The van der Waals surface area contributed by atoms with E-state index in [0.717, 1.165) is 0 Å². The summed E-state index contributed by atoms with van der Waals surface area (Å²) in [6.45, 7) is 1.68. The average molecular weight is 418 g/mol. The van der Waals surface area contributed by atoms with E-state index in [1.165, 1.54) is 19.2 Å². The Balaban J connectivity index is 2.01. The quantitative estimate of drug-likeness (QED) is 0.628. The Morgan fingerprint density at radius 2 is 1.73 bits per heavy atom. The molecule has 7 nitrogen and oxygen atoms in total. The van der Waals surface area contributed by atoms with Gasteiger partial charge < -0.3 is 10.1 Å². The fourth-order valence-corrected chi connectivity index (χ4v) is 3.55. The fourth-order valence-electron chi connectivity index (χ4n) is 2.12. The number of halogens is 2. The second-order valence-electron chi connectivity index (χ2n) is 5.22. The number of ether oxygens (including phenoxy) is 1. The molecule has 3 N–H and O–H groups in total. The van der Waals surface area contributed by atoms with Gasteiger partial charge in [0.15, 0.2) is 0 Å². The van der Waals surface area contributed by atoms with Gasteiger partial charge in [-0.05, 0) is 30.7 Å². The van der Waals surface area contributed by atoms with Crippen LogP contribution < -0.4 is 20.3 Å². The summed E-state index contributed by atoms with van der Waals surface area (Å²) in [6, 6.07) is 9.65. The molecule has 0 saturated heterocycles. The van der Waals surface area contributed by atoms with Crippen LogP contribution in [0.25, 0.3) is 0 Å². The SMILES string of the molecule is COc1ccc(C(C)NC(=O)NNS(=O)(=O)c2ccccc2)c(Cl)c1Cl. The number of amides is 2. The number of benzene rings is 2. The number of sulfonamides is 1. The molecule has 0 aliphatic heterocycles. The van der Waals surface area contributed by atoms with Crippen molar-refractivity contribution in [3.63, 3.8) is 0 Å². The summed E-state index contributed by atoms with van der Waals surface area (Å²) in [5.41, 5.74) is 2.64. The molecule has 0 aliphatic rings. The van der Waals surface area contributed by atoms with Gasteiger partial charge in [-0.2, -0.15) is 0 Å². The summed E-state index contributed by atoms with van der Waals surface area (Å²) >= 11 is 12.3. The van der Waals surface area contributed by atoms with Crippen LogP contribution in [0.2, 0.25) is 10.0 Å². The molecule has 2 amide bonds. The zero-order valence-corrected chi connectivity index (χ0v) is 16.2. The first-order valence-electron chi connectivity index (χ1n) is 7.41. The van der Waals surface area contributed by atoms with Crippen molar-refractivity contribution < 1.29 is 17.9 Å². The highest BCUT2D eigenvalue weighted by atomic mass is 35.5. The van der Waals surface area contributed by atoms with Crippen molar-refractivity contribution in [1.82, 2.24) is 15.6 Å². The molecule has 1 atom stereocenters. The maximum atomic E-state index is 12.1. The molecule has 2 aromatic carbocycles. The molecule has 0 heterocycles. The van der Waals surface area contributed by atoms with Crippen molar-refractivity contribution in [2.45, 2.75) is 17.9 Å². The number of hydrazine groups is 1. The lowest BCUT2D eigenvalue weighted by molar-refractivity contribution is 0.236. The largest absolute Gasteiger partial charge is 0.495 e. The maximum Gasteiger partial charge on any atom is 0.330 e. The van der Waals surface area contributed by atoms with Gasteiger partial charge in [0.05, 0.1) is 23.1 Å². The monoisotopic (exact) mass is 417 g/mol. The zero-order chi connectivity index (χ0) is 19.3. The summed E-state index contributed by atoms with van der Waals surface area (Å²) in [5, 5.41) is 3.03. The van der Waals surface area contributed by atoms with Crippen LogP contribution in [0.15, 0.2) is 47.4 Å². The van der Waals surface area contributed by atoms with E-state index < -0.39 is 22.1 Å². The lowest BCUT2D eigenvalue weighted by Crippen LogP contribution is -2.47. The molecular formula is C16H17Cl2N3O4S. The minimum atomic E-state index is -3.87. The molecule has 1 unspecified atom stereocenters. The van der Waals surface area contributed by atoms with Gasteiger partial charge in [0.1, 0.15) is 10.8 Å². The third kappa shape index (κ3) is 4.79.